The molecular weight excluding hydrogens is 388 g/mol. The molecule has 0 aromatic heterocycles. The quantitative estimate of drug-likeness (QED) is 0.535. The van der Waals surface area contributed by atoms with Gasteiger partial charge in [0.25, 0.3) is 0 Å². The molecule has 0 amide bonds. The normalized spacial score (nSPS) is 26.6. The highest BCUT2D eigenvalue weighted by molar-refractivity contribution is 6.02. The number of hydrogen-bond donors (Lipinski definition) is 1. The third kappa shape index (κ3) is 5.39. The van der Waals surface area contributed by atoms with E-state index >= 15 is 0 Å². The van der Waals surface area contributed by atoms with E-state index in [4.69, 9.17) is 14.2 Å². The fraction of sp³-hybridized carbons (Fsp3) is 0.609. The summed E-state index contributed by atoms with van der Waals surface area (Å²) in [5.41, 5.74) is -1.11. The lowest BCUT2D eigenvalue weighted by Gasteiger charge is -2.44. The van der Waals surface area contributed by atoms with Crippen LogP contribution in [0.5, 0.6) is 5.75 Å². The summed E-state index contributed by atoms with van der Waals surface area (Å²) in [4.78, 5) is 38.8. The molecule has 7 heteroatoms. The summed E-state index contributed by atoms with van der Waals surface area (Å²) in [7, 11) is 0. The van der Waals surface area contributed by atoms with Crippen molar-refractivity contribution in [3.63, 3.8) is 0 Å². The van der Waals surface area contributed by atoms with E-state index in [-0.39, 0.29) is 6.42 Å². The van der Waals surface area contributed by atoms with Gasteiger partial charge in [0.2, 0.25) is 0 Å². The van der Waals surface area contributed by atoms with Gasteiger partial charge in [-0.05, 0) is 59.2 Å². The number of hydrogen-bond acceptors (Lipinski definition) is 7. The molecule has 166 valence electrons. The van der Waals surface area contributed by atoms with Gasteiger partial charge < -0.3 is 19.3 Å². The molecule has 0 unspecified atom stereocenters. The van der Waals surface area contributed by atoms with Crippen molar-refractivity contribution in [2.45, 2.75) is 71.7 Å². The van der Waals surface area contributed by atoms with Crippen LogP contribution in [0.25, 0.3) is 0 Å². The van der Waals surface area contributed by atoms with Crippen LogP contribution in [0.1, 0.15) is 59.4 Å². The minimum absolute atomic E-state index is 0.337. The first kappa shape index (κ1) is 23.9. The zero-order valence-electron chi connectivity index (χ0n) is 18.5. The van der Waals surface area contributed by atoms with Crippen LogP contribution in [0.4, 0.5) is 0 Å². The van der Waals surface area contributed by atoms with Crippen LogP contribution in [-0.4, -0.2) is 47.2 Å². The van der Waals surface area contributed by atoms with Gasteiger partial charge in [-0.3, -0.25) is 14.4 Å². The molecule has 1 aromatic rings. The largest absolute Gasteiger partial charge is 0.494 e. The summed E-state index contributed by atoms with van der Waals surface area (Å²) in [6, 6.07) is 6.83. The van der Waals surface area contributed by atoms with Crippen molar-refractivity contribution in [3.05, 3.63) is 29.8 Å². The van der Waals surface area contributed by atoms with E-state index in [1.54, 1.807) is 52.0 Å². The van der Waals surface area contributed by atoms with Crippen LogP contribution in [0, 0.1) is 11.8 Å². The maximum absolute atomic E-state index is 13.0. The van der Waals surface area contributed by atoms with E-state index in [2.05, 4.69) is 0 Å². The third-order valence-corrected chi connectivity index (χ3v) is 5.05. The second-order valence-corrected chi connectivity index (χ2v) is 8.45. The molecule has 1 fully saturated rings. The van der Waals surface area contributed by atoms with E-state index in [0.717, 1.165) is 0 Å². The van der Waals surface area contributed by atoms with E-state index in [1.807, 2.05) is 6.92 Å². The Morgan fingerprint density at radius 2 is 1.60 bits per heavy atom. The summed E-state index contributed by atoms with van der Waals surface area (Å²) >= 11 is 0. The molecule has 0 saturated heterocycles. The Kier molecular flexibility index (Phi) is 7.64. The van der Waals surface area contributed by atoms with Crippen molar-refractivity contribution in [1.82, 2.24) is 0 Å². The molecule has 30 heavy (non-hydrogen) atoms. The van der Waals surface area contributed by atoms with Crippen LogP contribution in [-0.2, 0) is 23.9 Å². The summed E-state index contributed by atoms with van der Waals surface area (Å²) in [6.45, 7) is 10.6. The van der Waals surface area contributed by atoms with Gasteiger partial charge in [-0.15, -0.1) is 0 Å². The number of carbonyl (C=O) groups excluding carboxylic acids is 3. The number of Topliss-reactive ketones (excluding diaryl/α,β-unsaturated/α-hetero) is 1. The molecule has 1 saturated carbocycles. The fourth-order valence-corrected chi connectivity index (χ4v) is 3.98. The zero-order chi connectivity index (χ0) is 22.6. The Hall–Kier alpha value is -2.41. The molecule has 0 bridgehead atoms. The standard InChI is InChI=1S/C23H32O7/c1-7-28-16-10-8-15(9-11-16)18-19(21(25)29-13(2)3)17(24)12-23(6,27)20(18)22(26)30-14(4)5/h8-11,13-14,18-20,27H,7,12H2,1-6H3/t18-,19+,20+,23-/m1/s1. The Morgan fingerprint density at radius 3 is 2.10 bits per heavy atom. The monoisotopic (exact) mass is 420 g/mol. The average molecular weight is 421 g/mol. The van der Waals surface area contributed by atoms with Crippen LogP contribution >= 0.6 is 0 Å². The maximum atomic E-state index is 13.0. The minimum Gasteiger partial charge on any atom is -0.494 e. The Bertz CT molecular complexity index is 756. The first-order valence-electron chi connectivity index (χ1n) is 10.4. The van der Waals surface area contributed by atoms with Gasteiger partial charge in [-0.25, -0.2) is 0 Å². The molecule has 2 rings (SSSR count). The summed E-state index contributed by atoms with van der Waals surface area (Å²) in [6.07, 6.45) is -1.17. The fourth-order valence-electron chi connectivity index (χ4n) is 3.98. The van der Waals surface area contributed by atoms with E-state index < -0.39 is 53.3 Å². The number of benzene rings is 1. The Balaban J connectivity index is 2.58. The predicted octanol–water partition coefficient (Wildman–Crippen LogP) is 3.03. The zero-order valence-corrected chi connectivity index (χ0v) is 18.5. The van der Waals surface area contributed by atoms with Crippen molar-refractivity contribution in [2.75, 3.05) is 6.61 Å². The molecule has 0 heterocycles. The molecule has 1 aliphatic carbocycles. The topological polar surface area (TPSA) is 99.1 Å². The number of ether oxygens (including phenoxy) is 3. The Labute approximate surface area is 177 Å². The molecule has 0 spiro atoms. The number of carbonyl (C=O) groups is 3. The van der Waals surface area contributed by atoms with E-state index in [0.29, 0.717) is 17.9 Å². The maximum Gasteiger partial charge on any atom is 0.317 e. The third-order valence-electron chi connectivity index (χ3n) is 5.05. The number of rotatable bonds is 7. The first-order chi connectivity index (χ1) is 14.0. The van der Waals surface area contributed by atoms with E-state index in [1.165, 1.54) is 6.92 Å². The lowest BCUT2D eigenvalue weighted by atomic mass is 9.61. The summed E-state index contributed by atoms with van der Waals surface area (Å²) in [5, 5.41) is 11.0. The van der Waals surface area contributed by atoms with Crippen LogP contribution < -0.4 is 4.74 Å². The Morgan fingerprint density at radius 1 is 1.07 bits per heavy atom. The van der Waals surface area contributed by atoms with E-state index in [9.17, 15) is 19.5 Å². The molecule has 4 atom stereocenters. The molecule has 1 N–H and O–H groups in total. The van der Waals surface area contributed by atoms with Crippen molar-refractivity contribution >= 4 is 17.7 Å². The molecule has 7 nitrogen and oxygen atoms in total. The van der Waals surface area contributed by atoms with Gasteiger partial charge >= 0.3 is 11.9 Å². The first-order valence-corrected chi connectivity index (χ1v) is 10.4. The van der Waals surface area contributed by atoms with Gasteiger partial charge in [0.15, 0.2) is 5.78 Å². The highest BCUT2D eigenvalue weighted by Gasteiger charge is 2.57. The minimum atomic E-state index is -1.67. The van der Waals surface area contributed by atoms with Gasteiger partial charge in [-0.1, -0.05) is 12.1 Å². The lowest BCUT2D eigenvalue weighted by molar-refractivity contribution is -0.176. The molecule has 1 aromatic carbocycles. The molecule has 0 radical (unpaired) electrons. The average Bonchev–Trinajstić information content (AvgIpc) is 2.59. The number of aliphatic hydroxyl groups is 1. The van der Waals surface area contributed by atoms with Crippen molar-refractivity contribution < 1.29 is 33.7 Å². The van der Waals surface area contributed by atoms with Crippen LogP contribution in [0.15, 0.2) is 24.3 Å². The van der Waals surface area contributed by atoms with Gasteiger partial charge in [0.1, 0.15) is 11.7 Å². The van der Waals surface area contributed by atoms with Crippen molar-refractivity contribution in [3.8, 4) is 5.75 Å². The second-order valence-electron chi connectivity index (χ2n) is 8.45. The summed E-state index contributed by atoms with van der Waals surface area (Å²) in [5.74, 6) is -4.43. The van der Waals surface area contributed by atoms with Crippen molar-refractivity contribution in [1.29, 1.82) is 0 Å². The molecule has 0 aliphatic heterocycles. The highest BCUT2D eigenvalue weighted by Crippen LogP contribution is 2.47. The summed E-state index contributed by atoms with van der Waals surface area (Å²) < 4.78 is 16.2. The molecule has 1 aliphatic rings. The predicted molar refractivity (Wildman–Crippen MR) is 110 cm³/mol. The molecular formula is C23H32O7. The number of esters is 2. The SMILES string of the molecule is CCOc1ccc([C@@H]2[C@@H](C(=O)OC(C)C)C(=O)C[C@@](C)(O)[C@@H]2C(=O)OC(C)C)cc1. The van der Waals surface area contributed by atoms with Gasteiger partial charge in [0.05, 0.1) is 30.3 Å². The lowest BCUT2D eigenvalue weighted by Crippen LogP contribution is -2.55. The number of ketones is 1. The van der Waals surface area contributed by atoms with Crippen molar-refractivity contribution in [2.24, 2.45) is 11.8 Å². The highest BCUT2D eigenvalue weighted by atomic mass is 16.5. The van der Waals surface area contributed by atoms with Gasteiger partial charge in [0, 0.05) is 12.3 Å². The van der Waals surface area contributed by atoms with Crippen LogP contribution in [0.3, 0.4) is 0 Å². The smallest absolute Gasteiger partial charge is 0.317 e. The van der Waals surface area contributed by atoms with Gasteiger partial charge in [-0.2, -0.15) is 0 Å². The second kappa shape index (κ2) is 9.60. The van der Waals surface area contributed by atoms with Crippen LogP contribution in [0.2, 0.25) is 0 Å².